The molecule has 2 aromatic carbocycles. The summed E-state index contributed by atoms with van der Waals surface area (Å²) in [5.41, 5.74) is 0. The monoisotopic (exact) mass is 316 g/mol. The van der Waals surface area contributed by atoms with Gasteiger partial charge in [-0.2, -0.15) is 0 Å². The summed E-state index contributed by atoms with van der Waals surface area (Å²) >= 11 is 0. The molecule has 23 heavy (non-hydrogen) atoms. The number of rotatable bonds is 9. The van der Waals surface area contributed by atoms with Gasteiger partial charge in [0.1, 0.15) is 30.5 Å². The Morgan fingerprint density at radius 2 is 1.52 bits per heavy atom. The van der Waals surface area contributed by atoms with E-state index in [1.54, 1.807) is 6.92 Å². The van der Waals surface area contributed by atoms with E-state index in [1.165, 1.54) is 0 Å². The highest BCUT2D eigenvalue weighted by molar-refractivity contribution is 5.70. The Morgan fingerprint density at radius 1 is 0.870 bits per heavy atom. The first kappa shape index (κ1) is 16.8. The van der Waals surface area contributed by atoms with Crippen LogP contribution in [0.5, 0.6) is 17.2 Å². The quantitative estimate of drug-likeness (QED) is 0.524. The third-order valence-corrected chi connectivity index (χ3v) is 2.82. The molecular formula is C18H20O5. The second-order valence-corrected chi connectivity index (χ2v) is 4.59. The summed E-state index contributed by atoms with van der Waals surface area (Å²) in [4.78, 5) is 11.1. The van der Waals surface area contributed by atoms with Crippen LogP contribution in [0.15, 0.2) is 54.6 Å². The second-order valence-electron chi connectivity index (χ2n) is 4.59. The molecular weight excluding hydrogens is 296 g/mol. The molecule has 0 aliphatic rings. The van der Waals surface area contributed by atoms with Gasteiger partial charge in [0, 0.05) is 0 Å². The maximum atomic E-state index is 11.1. The summed E-state index contributed by atoms with van der Waals surface area (Å²) in [5, 5.41) is 0. The van der Waals surface area contributed by atoms with Gasteiger partial charge < -0.3 is 18.9 Å². The smallest absolute Gasteiger partial charge is 0.332 e. The number of carbonyl (C=O) groups excluding carboxylic acids is 1. The first-order valence-electron chi connectivity index (χ1n) is 7.47. The molecule has 5 heteroatoms. The molecule has 0 bridgehead atoms. The molecule has 0 heterocycles. The SMILES string of the molecule is CCOC(=O)COCCOc1ccc(Oc2ccccc2)cc1. The number of esters is 1. The van der Waals surface area contributed by atoms with Crippen molar-refractivity contribution in [3.63, 3.8) is 0 Å². The van der Waals surface area contributed by atoms with Crippen molar-refractivity contribution >= 4 is 5.97 Å². The van der Waals surface area contributed by atoms with Crippen LogP contribution in [0.4, 0.5) is 0 Å². The summed E-state index contributed by atoms with van der Waals surface area (Å²) in [5.74, 6) is 1.87. The zero-order valence-electron chi connectivity index (χ0n) is 13.1. The fourth-order valence-electron chi connectivity index (χ4n) is 1.81. The molecule has 0 unspecified atom stereocenters. The van der Waals surface area contributed by atoms with Crippen LogP contribution in [0.2, 0.25) is 0 Å². The lowest BCUT2D eigenvalue weighted by Gasteiger charge is -2.09. The number of ether oxygens (including phenoxy) is 4. The number of hydrogen-bond donors (Lipinski definition) is 0. The van der Waals surface area contributed by atoms with E-state index in [4.69, 9.17) is 18.9 Å². The largest absolute Gasteiger partial charge is 0.491 e. The van der Waals surface area contributed by atoms with Crippen molar-refractivity contribution in [1.29, 1.82) is 0 Å². The number of benzene rings is 2. The van der Waals surface area contributed by atoms with E-state index in [-0.39, 0.29) is 12.6 Å². The summed E-state index contributed by atoms with van der Waals surface area (Å²) in [6, 6.07) is 16.9. The van der Waals surface area contributed by atoms with Crippen molar-refractivity contribution in [2.75, 3.05) is 26.4 Å². The zero-order chi connectivity index (χ0) is 16.3. The molecule has 2 aromatic rings. The summed E-state index contributed by atoms with van der Waals surface area (Å²) in [7, 11) is 0. The van der Waals surface area contributed by atoms with E-state index in [2.05, 4.69) is 0 Å². The van der Waals surface area contributed by atoms with Crippen LogP contribution in [-0.2, 0) is 14.3 Å². The van der Waals surface area contributed by atoms with Gasteiger partial charge in [-0.3, -0.25) is 0 Å². The van der Waals surface area contributed by atoms with Crippen LogP contribution >= 0.6 is 0 Å². The minimum absolute atomic E-state index is 0.0545. The molecule has 0 aliphatic carbocycles. The third-order valence-electron chi connectivity index (χ3n) is 2.82. The Morgan fingerprint density at radius 3 is 2.22 bits per heavy atom. The Hall–Kier alpha value is -2.53. The van der Waals surface area contributed by atoms with E-state index >= 15 is 0 Å². The van der Waals surface area contributed by atoms with Crippen molar-refractivity contribution in [3.05, 3.63) is 54.6 Å². The van der Waals surface area contributed by atoms with E-state index in [0.717, 1.165) is 11.5 Å². The number of para-hydroxylation sites is 1. The molecule has 0 spiro atoms. The molecule has 0 N–H and O–H groups in total. The molecule has 122 valence electrons. The first-order valence-corrected chi connectivity index (χ1v) is 7.47. The zero-order valence-corrected chi connectivity index (χ0v) is 13.1. The molecule has 0 amide bonds. The lowest BCUT2D eigenvalue weighted by atomic mass is 10.3. The molecule has 0 fully saturated rings. The Bertz CT molecular complexity index is 580. The summed E-state index contributed by atoms with van der Waals surface area (Å²) in [6.07, 6.45) is 0. The van der Waals surface area contributed by atoms with E-state index < -0.39 is 0 Å². The van der Waals surface area contributed by atoms with E-state index in [9.17, 15) is 4.79 Å². The number of hydrogen-bond acceptors (Lipinski definition) is 5. The molecule has 0 atom stereocenters. The average molecular weight is 316 g/mol. The van der Waals surface area contributed by atoms with Gasteiger partial charge in [-0.15, -0.1) is 0 Å². The molecule has 0 radical (unpaired) electrons. The topological polar surface area (TPSA) is 54.0 Å². The minimum Gasteiger partial charge on any atom is -0.491 e. The van der Waals surface area contributed by atoms with Crippen LogP contribution < -0.4 is 9.47 Å². The standard InChI is InChI=1S/C18H20O5/c1-2-21-18(19)14-20-12-13-22-15-8-10-17(11-9-15)23-16-6-4-3-5-7-16/h3-11H,2,12-14H2,1H3. The van der Waals surface area contributed by atoms with Crippen LogP contribution in [0, 0.1) is 0 Å². The lowest BCUT2D eigenvalue weighted by molar-refractivity contribution is -0.148. The van der Waals surface area contributed by atoms with Crippen LogP contribution in [-0.4, -0.2) is 32.4 Å². The maximum absolute atomic E-state index is 11.1. The molecule has 2 rings (SSSR count). The minimum atomic E-state index is -0.366. The van der Waals surface area contributed by atoms with E-state index in [0.29, 0.717) is 25.6 Å². The summed E-state index contributed by atoms with van der Waals surface area (Å²) < 4.78 is 21.1. The molecule has 0 aromatic heterocycles. The molecule has 0 aliphatic heterocycles. The van der Waals surface area contributed by atoms with Gasteiger partial charge in [0.15, 0.2) is 0 Å². The van der Waals surface area contributed by atoms with Gasteiger partial charge in [-0.05, 0) is 43.3 Å². The lowest BCUT2D eigenvalue weighted by Crippen LogP contribution is -2.15. The van der Waals surface area contributed by atoms with Crippen molar-refractivity contribution < 1.29 is 23.7 Å². The van der Waals surface area contributed by atoms with E-state index in [1.807, 2.05) is 54.6 Å². The van der Waals surface area contributed by atoms with Crippen LogP contribution in [0.25, 0.3) is 0 Å². The number of carbonyl (C=O) groups is 1. The molecule has 0 saturated carbocycles. The van der Waals surface area contributed by atoms with Gasteiger partial charge in [0.25, 0.3) is 0 Å². The highest BCUT2D eigenvalue weighted by atomic mass is 16.6. The van der Waals surface area contributed by atoms with Crippen molar-refractivity contribution in [1.82, 2.24) is 0 Å². The second kappa shape index (κ2) is 9.48. The fourth-order valence-corrected chi connectivity index (χ4v) is 1.81. The maximum Gasteiger partial charge on any atom is 0.332 e. The van der Waals surface area contributed by atoms with Crippen LogP contribution in [0.1, 0.15) is 6.92 Å². The van der Waals surface area contributed by atoms with Crippen molar-refractivity contribution in [2.24, 2.45) is 0 Å². The van der Waals surface area contributed by atoms with Gasteiger partial charge in [0.2, 0.25) is 0 Å². The van der Waals surface area contributed by atoms with Crippen LogP contribution in [0.3, 0.4) is 0 Å². The predicted molar refractivity (Wildman–Crippen MR) is 85.9 cm³/mol. The van der Waals surface area contributed by atoms with Crippen molar-refractivity contribution in [2.45, 2.75) is 6.92 Å². The first-order chi connectivity index (χ1) is 11.3. The molecule has 5 nitrogen and oxygen atoms in total. The molecule has 0 saturated heterocycles. The highest BCUT2D eigenvalue weighted by Crippen LogP contribution is 2.23. The van der Waals surface area contributed by atoms with Crippen molar-refractivity contribution in [3.8, 4) is 17.2 Å². The van der Waals surface area contributed by atoms with Gasteiger partial charge in [0.05, 0.1) is 13.2 Å². The normalized spacial score (nSPS) is 10.1. The Balaban J connectivity index is 1.68. The van der Waals surface area contributed by atoms with Gasteiger partial charge in [-0.1, -0.05) is 18.2 Å². The Labute approximate surface area is 135 Å². The highest BCUT2D eigenvalue weighted by Gasteiger charge is 2.02. The van der Waals surface area contributed by atoms with Gasteiger partial charge in [-0.25, -0.2) is 4.79 Å². The fraction of sp³-hybridized carbons (Fsp3) is 0.278. The average Bonchev–Trinajstić information content (AvgIpc) is 2.57. The predicted octanol–water partition coefficient (Wildman–Crippen LogP) is 3.44. The third kappa shape index (κ3) is 6.40. The summed E-state index contributed by atoms with van der Waals surface area (Å²) in [6.45, 7) is 2.74. The van der Waals surface area contributed by atoms with Gasteiger partial charge >= 0.3 is 5.97 Å². The Kier molecular flexibility index (Phi) is 6.94.